The standard InChI is InChI=1S/C21H32BNO4/c1-14(2)23-17-13-15(22-26-19(3,4)20(5,6)27-22)7-8-16(17)21(18(23)24)9-11-25-12-10-21/h8,13-15H,7,9-12H2,1-6H3. The molecule has 148 valence electrons. The summed E-state index contributed by atoms with van der Waals surface area (Å²) in [4.78, 5) is 15.4. The maximum Gasteiger partial charge on any atom is 0.465 e. The van der Waals surface area contributed by atoms with Crippen molar-refractivity contribution in [2.24, 2.45) is 5.41 Å². The van der Waals surface area contributed by atoms with Crippen molar-refractivity contribution in [1.29, 1.82) is 0 Å². The second kappa shape index (κ2) is 6.20. The minimum absolute atomic E-state index is 0.119. The second-order valence-corrected chi connectivity index (χ2v) is 9.66. The van der Waals surface area contributed by atoms with Gasteiger partial charge in [-0.15, -0.1) is 0 Å². The summed E-state index contributed by atoms with van der Waals surface area (Å²) >= 11 is 0. The highest BCUT2D eigenvalue weighted by Crippen LogP contribution is 2.54. The fraction of sp³-hybridized carbons (Fsp3) is 0.762. The number of hydrogen-bond acceptors (Lipinski definition) is 4. The summed E-state index contributed by atoms with van der Waals surface area (Å²) < 4.78 is 18.2. The first kappa shape index (κ1) is 19.2. The molecule has 27 heavy (non-hydrogen) atoms. The quantitative estimate of drug-likeness (QED) is 0.693. The lowest BCUT2D eigenvalue weighted by molar-refractivity contribution is -0.139. The number of rotatable bonds is 2. The number of allylic oxidation sites excluding steroid dienone is 3. The summed E-state index contributed by atoms with van der Waals surface area (Å²) in [5.74, 6) is 0.363. The van der Waals surface area contributed by atoms with Crippen LogP contribution < -0.4 is 0 Å². The Labute approximate surface area is 163 Å². The maximum atomic E-state index is 13.5. The lowest BCUT2D eigenvalue weighted by atomic mass is 9.65. The fourth-order valence-electron chi connectivity index (χ4n) is 4.79. The molecule has 0 saturated carbocycles. The SMILES string of the molecule is CC(C)N1C(=O)C2(CCOCC2)C2=CCC(B3OC(C)(C)C(C)(C)O3)C=C21. The molecule has 1 atom stereocenters. The van der Waals surface area contributed by atoms with Gasteiger partial charge >= 0.3 is 7.12 Å². The van der Waals surface area contributed by atoms with Crippen molar-refractivity contribution < 1.29 is 18.8 Å². The number of hydrogen-bond donors (Lipinski definition) is 0. The average Bonchev–Trinajstić information content (AvgIpc) is 2.96. The molecule has 5 nitrogen and oxygen atoms in total. The van der Waals surface area contributed by atoms with E-state index >= 15 is 0 Å². The number of fused-ring (bicyclic) bond motifs is 2. The molecular formula is C21H32BNO4. The maximum absolute atomic E-state index is 13.5. The Kier molecular flexibility index (Phi) is 4.41. The molecule has 4 aliphatic rings. The Morgan fingerprint density at radius 2 is 1.70 bits per heavy atom. The summed E-state index contributed by atoms with van der Waals surface area (Å²) in [5, 5.41) is 0. The molecular weight excluding hydrogens is 341 g/mol. The summed E-state index contributed by atoms with van der Waals surface area (Å²) in [6, 6.07) is 0.131. The Morgan fingerprint density at radius 1 is 1.11 bits per heavy atom. The summed E-state index contributed by atoms with van der Waals surface area (Å²) in [5.41, 5.74) is 1.20. The molecule has 6 heteroatoms. The lowest BCUT2D eigenvalue weighted by Crippen LogP contribution is -2.41. The molecule has 1 unspecified atom stereocenters. The minimum Gasteiger partial charge on any atom is -0.403 e. The molecule has 3 saturated heterocycles. The number of nitrogens with zero attached hydrogens (tertiary/aromatic N) is 1. The predicted molar refractivity (Wildman–Crippen MR) is 105 cm³/mol. The monoisotopic (exact) mass is 373 g/mol. The molecule has 0 aromatic heterocycles. The largest absolute Gasteiger partial charge is 0.465 e. The Bertz CT molecular complexity index is 687. The van der Waals surface area contributed by atoms with Crippen LogP contribution in [0, 0.1) is 5.41 Å². The molecule has 0 bridgehead atoms. The zero-order valence-electron chi connectivity index (χ0n) is 17.5. The summed E-state index contributed by atoms with van der Waals surface area (Å²) in [6.45, 7) is 13.8. The highest BCUT2D eigenvalue weighted by atomic mass is 16.7. The smallest absolute Gasteiger partial charge is 0.403 e. The molecule has 0 N–H and O–H groups in total. The van der Waals surface area contributed by atoms with Crippen molar-refractivity contribution in [3.8, 4) is 0 Å². The third-order valence-corrected chi connectivity index (χ3v) is 7.13. The van der Waals surface area contributed by atoms with Crippen LogP contribution in [0.5, 0.6) is 0 Å². The van der Waals surface area contributed by atoms with E-state index in [1.165, 1.54) is 5.57 Å². The van der Waals surface area contributed by atoms with E-state index in [0.717, 1.165) is 25.0 Å². The first-order valence-corrected chi connectivity index (χ1v) is 10.3. The number of amides is 1. The van der Waals surface area contributed by atoms with Gasteiger partial charge in [0.1, 0.15) is 0 Å². The van der Waals surface area contributed by atoms with Crippen molar-refractivity contribution in [3.63, 3.8) is 0 Å². The van der Waals surface area contributed by atoms with Crippen LogP contribution in [0.3, 0.4) is 0 Å². The van der Waals surface area contributed by atoms with Gasteiger partial charge in [0.25, 0.3) is 0 Å². The first-order chi connectivity index (χ1) is 12.6. The fourth-order valence-corrected chi connectivity index (χ4v) is 4.79. The molecule has 4 rings (SSSR count). The van der Waals surface area contributed by atoms with E-state index in [4.69, 9.17) is 14.0 Å². The van der Waals surface area contributed by atoms with Gasteiger partial charge in [0.05, 0.1) is 16.6 Å². The van der Waals surface area contributed by atoms with Crippen molar-refractivity contribution in [3.05, 3.63) is 23.4 Å². The van der Waals surface area contributed by atoms with E-state index < -0.39 is 5.41 Å². The highest BCUT2D eigenvalue weighted by molar-refractivity contribution is 6.48. The van der Waals surface area contributed by atoms with Crippen molar-refractivity contribution in [2.75, 3.05) is 13.2 Å². The molecule has 0 aromatic rings. The first-order valence-electron chi connectivity index (χ1n) is 10.3. The second-order valence-electron chi connectivity index (χ2n) is 9.66. The molecule has 3 heterocycles. The Balaban J connectivity index is 1.67. The summed E-state index contributed by atoms with van der Waals surface area (Å²) in [6.07, 6.45) is 6.91. The number of carbonyl (C=O) groups is 1. The van der Waals surface area contributed by atoms with Crippen LogP contribution in [0.15, 0.2) is 23.4 Å². The van der Waals surface area contributed by atoms with Gasteiger partial charge in [0.15, 0.2) is 0 Å². The third kappa shape index (κ3) is 2.75. The highest BCUT2D eigenvalue weighted by Gasteiger charge is 2.57. The van der Waals surface area contributed by atoms with Gasteiger partial charge in [0, 0.05) is 30.8 Å². The number of ether oxygens (including phenoxy) is 1. The van der Waals surface area contributed by atoms with Gasteiger partial charge in [-0.25, -0.2) is 0 Å². The van der Waals surface area contributed by atoms with Gasteiger partial charge in [-0.05, 0) is 66.4 Å². The van der Waals surface area contributed by atoms with Gasteiger partial charge in [-0.2, -0.15) is 0 Å². The molecule has 1 amide bonds. The third-order valence-electron chi connectivity index (χ3n) is 7.13. The van der Waals surface area contributed by atoms with Crippen molar-refractivity contribution in [2.45, 2.75) is 83.9 Å². The van der Waals surface area contributed by atoms with Crippen LogP contribution in [-0.2, 0) is 18.8 Å². The van der Waals surface area contributed by atoms with Gasteiger partial charge < -0.3 is 18.9 Å². The molecule has 3 aliphatic heterocycles. The van der Waals surface area contributed by atoms with Gasteiger partial charge in [-0.3, -0.25) is 4.79 Å². The van der Waals surface area contributed by atoms with E-state index in [1.807, 2.05) is 4.90 Å². The van der Waals surface area contributed by atoms with E-state index in [-0.39, 0.29) is 36.1 Å². The van der Waals surface area contributed by atoms with E-state index in [0.29, 0.717) is 13.2 Å². The Morgan fingerprint density at radius 3 is 2.26 bits per heavy atom. The van der Waals surface area contributed by atoms with Crippen LogP contribution >= 0.6 is 0 Å². The zero-order chi connectivity index (χ0) is 19.6. The normalized spacial score (nSPS) is 31.4. The topological polar surface area (TPSA) is 48.0 Å². The number of likely N-dealkylation sites (tertiary alicyclic amines) is 1. The molecule has 1 aliphatic carbocycles. The van der Waals surface area contributed by atoms with Crippen LogP contribution in [0.4, 0.5) is 0 Å². The molecule has 0 aromatic carbocycles. The van der Waals surface area contributed by atoms with Gasteiger partial charge in [0.2, 0.25) is 5.91 Å². The Hall–Kier alpha value is -1.11. The van der Waals surface area contributed by atoms with Crippen molar-refractivity contribution in [1.82, 2.24) is 4.90 Å². The lowest BCUT2D eigenvalue weighted by Gasteiger charge is -2.33. The zero-order valence-corrected chi connectivity index (χ0v) is 17.5. The summed E-state index contributed by atoms with van der Waals surface area (Å²) in [7, 11) is -0.282. The van der Waals surface area contributed by atoms with Crippen LogP contribution in [0.25, 0.3) is 0 Å². The predicted octanol–water partition coefficient (Wildman–Crippen LogP) is 3.71. The van der Waals surface area contributed by atoms with Gasteiger partial charge in [-0.1, -0.05) is 12.2 Å². The van der Waals surface area contributed by atoms with Crippen LogP contribution in [0.2, 0.25) is 5.82 Å². The molecule has 3 fully saturated rings. The van der Waals surface area contributed by atoms with Crippen molar-refractivity contribution >= 4 is 13.0 Å². The van der Waals surface area contributed by atoms with E-state index in [9.17, 15) is 4.79 Å². The molecule has 0 radical (unpaired) electrons. The van der Waals surface area contributed by atoms with E-state index in [2.05, 4.69) is 53.7 Å². The van der Waals surface area contributed by atoms with E-state index in [1.54, 1.807) is 0 Å². The molecule has 1 spiro atoms. The number of carbonyl (C=O) groups excluding carboxylic acids is 1. The minimum atomic E-state index is -0.394. The average molecular weight is 373 g/mol. The van der Waals surface area contributed by atoms with Crippen LogP contribution in [0.1, 0.15) is 60.8 Å². The van der Waals surface area contributed by atoms with Crippen LogP contribution in [-0.4, -0.2) is 48.4 Å².